The van der Waals surface area contributed by atoms with Crippen molar-refractivity contribution >= 4 is 5.97 Å². The second-order valence-electron chi connectivity index (χ2n) is 4.48. The Balaban J connectivity index is 2.10. The lowest BCUT2D eigenvalue weighted by molar-refractivity contribution is -0.133. The molecule has 1 N–H and O–H groups in total. The Kier molecular flexibility index (Phi) is 3.85. The molecule has 0 aromatic heterocycles. The molecule has 0 bridgehead atoms. The molecule has 2 rings (SSSR count). The van der Waals surface area contributed by atoms with Crippen molar-refractivity contribution in [1.29, 1.82) is 0 Å². The maximum Gasteiger partial charge on any atom is 0.315 e. The fourth-order valence-electron chi connectivity index (χ4n) is 1.85. The molecule has 0 aliphatic carbocycles. The van der Waals surface area contributed by atoms with E-state index < -0.39 is 0 Å². The molecule has 0 heterocycles. The summed E-state index contributed by atoms with van der Waals surface area (Å²) in [6.07, 6.45) is 0.147. The fraction of sp³-hybridized carbons (Fsp3) is 0.188. The van der Waals surface area contributed by atoms with E-state index in [2.05, 4.69) is 0 Å². The van der Waals surface area contributed by atoms with Crippen LogP contribution >= 0.6 is 0 Å². The van der Waals surface area contributed by atoms with Gasteiger partial charge in [0.2, 0.25) is 0 Å². The van der Waals surface area contributed by atoms with Crippen molar-refractivity contribution in [3.8, 4) is 11.5 Å². The van der Waals surface area contributed by atoms with Crippen LogP contribution < -0.4 is 4.74 Å². The van der Waals surface area contributed by atoms with Crippen molar-refractivity contribution in [3.05, 3.63) is 59.2 Å². The van der Waals surface area contributed by atoms with E-state index in [0.29, 0.717) is 11.3 Å². The summed E-state index contributed by atoms with van der Waals surface area (Å²) in [6.45, 7) is 3.67. The Hall–Kier alpha value is -2.29. The number of rotatable bonds is 3. The van der Waals surface area contributed by atoms with E-state index in [1.54, 1.807) is 25.1 Å². The van der Waals surface area contributed by atoms with E-state index in [1.165, 1.54) is 0 Å². The SMILES string of the molecule is Cc1ccccc1OC(=O)Cc1cccc(O)c1C. The highest BCUT2D eigenvalue weighted by atomic mass is 16.5. The van der Waals surface area contributed by atoms with Gasteiger partial charge in [0.15, 0.2) is 0 Å². The minimum Gasteiger partial charge on any atom is -0.508 e. The minimum atomic E-state index is -0.331. The first-order valence-corrected chi connectivity index (χ1v) is 6.11. The van der Waals surface area contributed by atoms with Gasteiger partial charge in [0.05, 0.1) is 6.42 Å². The minimum absolute atomic E-state index is 0.147. The van der Waals surface area contributed by atoms with Gasteiger partial charge in [-0.05, 0) is 42.7 Å². The lowest BCUT2D eigenvalue weighted by Crippen LogP contribution is -2.12. The number of carbonyl (C=O) groups is 1. The maximum absolute atomic E-state index is 11.9. The van der Waals surface area contributed by atoms with Crippen molar-refractivity contribution in [2.24, 2.45) is 0 Å². The first-order valence-electron chi connectivity index (χ1n) is 6.11. The van der Waals surface area contributed by atoms with Crippen molar-refractivity contribution in [2.45, 2.75) is 20.3 Å². The molecule has 3 nitrogen and oxygen atoms in total. The van der Waals surface area contributed by atoms with Crippen LogP contribution in [0.4, 0.5) is 0 Å². The molecule has 3 heteroatoms. The molecule has 0 amide bonds. The topological polar surface area (TPSA) is 46.5 Å². The number of carbonyl (C=O) groups excluding carboxylic acids is 1. The van der Waals surface area contributed by atoms with Crippen molar-refractivity contribution in [1.82, 2.24) is 0 Å². The van der Waals surface area contributed by atoms with E-state index >= 15 is 0 Å². The Bertz CT molecular complexity index is 603. The van der Waals surface area contributed by atoms with E-state index in [9.17, 15) is 9.90 Å². The van der Waals surface area contributed by atoms with Crippen LogP contribution in [-0.2, 0) is 11.2 Å². The van der Waals surface area contributed by atoms with Crippen LogP contribution in [0.1, 0.15) is 16.7 Å². The van der Waals surface area contributed by atoms with Gasteiger partial charge in [0, 0.05) is 0 Å². The summed E-state index contributed by atoms with van der Waals surface area (Å²) in [5, 5.41) is 9.59. The van der Waals surface area contributed by atoms with Crippen LogP contribution in [0.25, 0.3) is 0 Å². The van der Waals surface area contributed by atoms with Gasteiger partial charge < -0.3 is 9.84 Å². The number of phenolic OH excluding ortho intramolecular Hbond substituents is 1. The van der Waals surface area contributed by atoms with E-state index in [-0.39, 0.29) is 18.1 Å². The van der Waals surface area contributed by atoms with Crippen molar-refractivity contribution in [2.75, 3.05) is 0 Å². The molecule has 0 fully saturated rings. The lowest BCUT2D eigenvalue weighted by Gasteiger charge is -2.09. The highest BCUT2D eigenvalue weighted by molar-refractivity contribution is 5.76. The molecule has 0 unspecified atom stereocenters. The Morgan fingerprint density at radius 3 is 2.58 bits per heavy atom. The third kappa shape index (κ3) is 3.13. The summed E-state index contributed by atoms with van der Waals surface area (Å²) in [7, 11) is 0. The third-order valence-electron chi connectivity index (χ3n) is 3.07. The van der Waals surface area contributed by atoms with Gasteiger partial charge in [-0.1, -0.05) is 30.3 Å². The summed E-state index contributed by atoms with van der Waals surface area (Å²) >= 11 is 0. The zero-order valence-electron chi connectivity index (χ0n) is 11.0. The summed E-state index contributed by atoms with van der Waals surface area (Å²) in [5.74, 6) is 0.439. The zero-order chi connectivity index (χ0) is 13.8. The molecule has 0 atom stereocenters. The lowest BCUT2D eigenvalue weighted by atomic mass is 10.1. The normalized spacial score (nSPS) is 10.2. The number of aryl methyl sites for hydroxylation is 1. The number of hydrogen-bond donors (Lipinski definition) is 1. The van der Waals surface area contributed by atoms with Gasteiger partial charge in [-0.3, -0.25) is 4.79 Å². The summed E-state index contributed by atoms with van der Waals surface area (Å²) in [4.78, 5) is 11.9. The number of hydrogen-bond acceptors (Lipinski definition) is 3. The molecule has 98 valence electrons. The predicted molar refractivity (Wildman–Crippen MR) is 73.4 cm³/mol. The summed E-state index contributed by atoms with van der Waals surface area (Å²) in [6, 6.07) is 12.5. The van der Waals surface area contributed by atoms with Gasteiger partial charge in [0.25, 0.3) is 0 Å². The highest BCUT2D eigenvalue weighted by Gasteiger charge is 2.11. The number of ether oxygens (including phenoxy) is 1. The van der Waals surface area contributed by atoms with E-state index in [0.717, 1.165) is 11.1 Å². The average Bonchev–Trinajstić information content (AvgIpc) is 2.38. The van der Waals surface area contributed by atoms with Crippen LogP contribution in [0.2, 0.25) is 0 Å². The van der Waals surface area contributed by atoms with Crippen LogP contribution in [0, 0.1) is 13.8 Å². The van der Waals surface area contributed by atoms with Crippen LogP contribution in [0.5, 0.6) is 11.5 Å². The van der Waals surface area contributed by atoms with Gasteiger partial charge >= 0.3 is 5.97 Å². The third-order valence-corrected chi connectivity index (χ3v) is 3.07. The van der Waals surface area contributed by atoms with Crippen LogP contribution in [0.3, 0.4) is 0 Å². The Morgan fingerprint density at radius 2 is 1.84 bits per heavy atom. The molecule has 2 aromatic rings. The monoisotopic (exact) mass is 256 g/mol. The van der Waals surface area contributed by atoms with Gasteiger partial charge in [-0.15, -0.1) is 0 Å². The average molecular weight is 256 g/mol. The van der Waals surface area contributed by atoms with E-state index in [4.69, 9.17) is 4.74 Å². The molecule has 2 aromatic carbocycles. The van der Waals surface area contributed by atoms with Crippen molar-refractivity contribution in [3.63, 3.8) is 0 Å². The van der Waals surface area contributed by atoms with Gasteiger partial charge in [-0.2, -0.15) is 0 Å². The second-order valence-corrected chi connectivity index (χ2v) is 4.48. The maximum atomic E-state index is 11.9. The van der Waals surface area contributed by atoms with E-state index in [1.807, 2.05) is 31.2 Å². The molecular formula is C16H16O3. The molecule has 0 spiro atoms. The standard InChI is InChI=1S/C16H16O3/c1-11-6-3-4-9-15(11)19-16(18)10-13-7-5-8-14(17)12(13)2/h3-9,17H,10H2,1-2H3. The van der Waals surface area contributed by atoms with Crippen LogP contribution in [0.15, 0.2) is 42.5 Å². The molecular weight excluding hydrogens is 240 g/mol. The fourth-order valence-corrected chi connectivity index (χ4v) is 1.85. The number of para-hydroxylation sites is 1. The quantitative estimate of drug-likeness (QED) is 0.677. The molecule has 0 saturated carbocycles. The predicted octanol–water partition coefficient (Wildman–Crippen LogP) is 3.16. The van der Waals surface area contributed by atoms with Crippen molar-refractivity contribution < 1.29 is 14.6 Å². The number of aromatic hydroxyl groups is 1. The summed E-state index contributed by atoms with van der Waals surface area (Å²) < 4.78 is 5.32. The molecule has 0 aliphatic heterocycles. The molecule has 0 aliphatic rings. The summed E-state index contributed by atoms with van der Waals surface area (Å²) in [5.41, 5.74) is 2.41. The smallest absolute Gasteiger partial charge is 0.315 e. The zero-order valence-corrected chi connectivity index (χ0v) is 11.0. The first-order chi connectivity index (χ1) is 9.08. The first kappa shape index (κ1) is 13.1. The molecule has 0 radical (unpaired) electrons. The number of phenols is 1. The van der Waals surface area contributed by atoms with Gasteiger partial charge in [-0.25, -0.2) is 0 Å². The number of esters is 1. The molecule has 0 saturated heterocycles. The largest absolute Gasteiger partial charge is 0.508 e. The Morgan fingerprint density at radius 1 is 1.11 bits per heavy atom. The highest BCUT2D eigenvalue weighted by Crippen LogP contribution is 2.21. The van der Waals surface area contributed by atoms with Gasteiger partial charge in [0.1, 0.15) is 11.5 Å². The number of benzene rings is 2. The van der Waals surface area contributed by atoms with Crippen LogP contribution in [-0.4, -0.2) is 11.1 Å². The molecule has 19 heavy (non-hydrogen) atoms. The second kappa shape index (κ2) is 5.57. The Labute approximate surface area is 112 Å².